The largest absolute Gasteiger partial charge is 0.489 e. The third-order valence-electron chi connectivity index (χ3n) is 4.37. The van der Waals surface area contributed by atoms with Crippen molar-refractivity contribution < 1.29 is 14.3 Å². The number of hydrogen-bond donors (Lipinski definition) is 1. The molecule has 0 aliphatic rings. The second-order valence-electron chi connectivity index (χ2n) is 6.82. The summed E-state index contributed by atoms with van der Waals surface area (Å²) in [6, 6.07) is 23.3. The van der Waals surface area contributed by atoms with E-state index < -0.39 is 6.10 Å². The van der Waals surface area contributed by atoms with Crippen molar-refractivity contribution in [2.45, 2.75) is 33.5 Å². The average molecular weight is 375 g/mol. The molecule has 1 N–H and O–H groups in total. The highest BCUT2D eigenvalue weighted by Crippen LogP contribution is 2.22. The molecule has 0 spiro atoms. The zero-order valence-corrected chi connectivity index (χ0v) is 16.4. The number of rotatable bonds is 7. The van der Waals surface area contributed by atoms with Gasteiger partial charge in [-0.05, 0) is 55.7 Å². The van der Waals surface area contributed by atoms with Gasteiger partial charge in [-0.25, -0.2) is 0 Å². The molecule has 3 rings (SSSR count). The number of anilines is 1. The van der Waals surface area contributed by atoms with E-state index in [1.54, 1.807) is 6.92 Å². The molecule has 0 bridgehead atoms. The quantitative estimate of drug-likeness (QED) is 0.610. The second-order valence-corrected chi connectivity index (χ2v) is 6.82. The van der Waals surface area contributed by atoms with Crippen LogP contribution in [0.2, 0.25) is 0 Å². The highest BCUT2D eigenvalue weighted by Gasteiger charge is 2.16. The van der Waals surface area contributed by atoms with Crippen LogP contribution < -0.4 is 14.8 Å². The summed E-state index contributed by atoms with van der Waals surface area (Å²) in [6.07, 6.45) is -0.616. The predicted molar refractivity (Wildman–Crippen MR) is 112 cm³/mol. The fourth-order valence-electron chi connectivity index (χ4n) is 2.73. The normalized spacial score (nSPS) is 11.5. The molecule has 1 unspecified atom stereocenters. The molecule has 1 amide bonds. The van der Waals surface area contributed by atoms with Gasteiger partial charge in [-0.2, -0.15) is 0 Å². The van der Waals surface area contributed by atoms with Crippen LogP contribution in [-0.4, -0.2) is 12.0 Å². The lowest BCUT2D eigenvalue weighted by Gasteiger charge is -2.17. The molecule has 4 heteroatoms. The number of hydrogen-bond acceptors (Lipinski definition) is 3. The number of benzene rings is 3. The summed E-state index contributed by atoms with van der Waals surface area (Å²) in [6.45, 7) is 6.18. The molecular formula is C24H25NO3. The first-order chi connectivity index (χ1) is 13.5. The van der Waals surface area contributed by atoms with E-state index in [4.69, 9.17) is 9.47 Å². The maximum absolute atomic E-state index is 12.5. The summed E-state index contributed by atoms with van der Waals surface area (Å²) in [5, 5.41) is 2.89. The summed E-state index contributed by atoms with van der Waals surface area (Å²) in [7, 11) is 0. The van der Waals surface area contributed by atoms with Crippen molar-refractivity contribution in [1.82, 2.24) is 0 Å². The fraction of sp³-hybridized carbons (Fsp3) is 0.208. The van der Waals surface area contributed by atoms with E-state index in [9.17, 15) is 4.79 Å². The molecule has 3 aromatic rings. The monoisotopic (exact) mass is 375 g/mol. The van der Waals surface area contributed by atoms with Crippen LogP contribution in [0.15, 0.2) is 72.8 Å². The highest BCUT2D eigenvalue weighted by atomic mass is 16.5. The summed E-state index contributed by atoms with van der Waals surface area (Å²) in [5.41, 5.74) is 3.86. The number of aryl methyl sites for hydroxylation is 2. The van der Waals surface area contributed by atoms with Gasteiger partial charge in [0, 0.05) is 11.8 Å². The molecule has 1 atom stereocenters. The van der Waals surface area contributed by atoms with Crippen LogP contribution in [0.5, 0.6) is 11.5 Å². The van der Waals surface area contributed by atoms with E-state index in [0.717, 1.165) is 22.4 Å². The lowest BCUT2D eigenvalue weighted by molar-refractivity contribution is -0.122. The molecule has 144 valence electrons. The Morgan fingerprint density at radius 1 is 0.964 bits per heavy atom. The van der Waals surface area contributed by atoms with Crippen molar-refractivity contribution in [3.8, 4) is 11.5 Å². The van der Waals surface area contributed by atoms with Gasteiger partial charge in [0.1, 0.15) is 18.1 Å². The van der Waals surface area contributed by atoms with Crippen LogP contribution >= 0.6 is 0 Å². The third-order valence-corrected chi connectivity index (χ3v) is 4.37. The molecule has 0 aliphatic carbocycles. The lowest BCUT2D eigenvalue weighted by atomic mass is 10.1. The molecule has 0 aromatic heterocycles. The lowest BCUT2D eigenvalue weighted by Crippen LogP contribution is -2.30. The Bertz CT molecular complexity index is 938. The summed E-state index contributed by atoms with van der Waals surface area (Å²) in [5.74, 6) is 1.22. The third kappa shape index (κ3) is 5.36. The van der Waals surface area contributed by atoms with Crippen molar-refractivity contribution in [2.75, 3.05) is 5.32 Å². The molecule has 0 heterocycles. The molecular weight excluding hydrogens is 350 g/mol. The van der Waals surface area contributed by atoms with Gasteiger partial charge in [0.25, 0.3) is 5.91 Å². The van der Waals surface area contributed by atoms with Crippen molar-refractivity contribution in [2.24, 2.45) is 0 Å². The molecule has 0 aliphatic heterocycles. The molecule has 4 nitrogen and oxygen atoms in total. The SMILES string of the molecule is Cc1ccc(C)c(OC(C)C(=O)Nc2cccc(OCc3ccccc3)c2)c1. The molecule has 0 fully saturated rings. The molecule has 0 saturated heterocycles. The zero-order valence-electron chi connectivity index (χ0n) is 16.4. The molecule has 3 aromatic carbocycles. The number of carbonyl (C=O) groups is 1. The average Bonchev–Trinajstić information content (AvgIpc) is 2.70. The Labute approximate surface area is 166 Å². The van der Waals surface area contributed by atoms with Crippen LogP contribution in [0.25, 0.3) is 0 Å². The first-order valence-corrected chi connectivity index (χ1v) is 9.33. The highest BCUT2D eigenvalue weighted by molar-refractivity contribution is 5.94. The van der Waals surface area contributed by atoms with E-state index >= 15 is 0 Å². The van der Waals surface area contributed by atoms with E-state index in [1.165, 1.54) is 0 Å². The maximum Gasteiger partial charge on any atom is 0.265 e. The first kappa shape index (κ1) is 19.5. The topological polar surface area (TPSA) is 47.6 Å². The number of ether oxygens (including phenoxy) is 2. The van der Waals surface area contributed by atoms with Crippen LogP contribution in [0, 0.1) is 13.8 Å². The minimum atomic E-state index is -0.616. The van der Waals surface area contributed by atoms with Crippen LogP contribution in [-0.2, 0) is 11.4 Å². The minimum absolute atomic E-state index is 0.207. The fourth-order valence-corrected chi connectivity index (χ4v) is 2.73. The van der Waals surface area contributed by atoms with Crippen LogP contribution in [0.4, 0.5) is 5.69 Å². The van der Waals surface area contributed by atoms with E-state index in [-0.39, 0.29) is 5.91 Å². The van der Waals surface area contributed by atoms with Gasteiger partial charge in [-0.1, -0.05) is 48.5 Å². The molecule has 0 saturated carbocycles. The maximum atomic E-state index is 12.5. The molecule has 28 heavy (non-hydrogen) atoms. The van der Waals surface area contributed by atoms with Gasteiger partial charge < -0.3 is 14.8 Å². The smallest absolute Gasteiger partial charge is 0.265 e. The van der Waals surface area contributed by atoms with Crippen molar-refractivity contribution in [1.29, 1.82) is 0 Å². The zero-order chi connectivity index (χ0) is 19.9. The summed E-state index contributed by atoms with van der Waals surface area (Å²) < 4.78 is 11.7. The van der Waals surface area contributed by atoms with Crippen molar-refractivity contribution >= 4 is 11.6 Å². The van der Waals surface area contributed by atoms with Crippen molar-refractivity contribution in [3.63, 3.8) is 0 Å². The van der Waals surface area contributed by atoms with Gasteiger partial charge >= 0.3 is 0 Å². The Hall–Kier alpha value is -3.27. The Balaban J connectivity index is 1.59. The number of carbonyl (C=O) groups excluding carboxylic acids is 1. The van der Waals surface area contributed by atoms with Gasteiger partial charge in [0.15, 0.2) is 6.10 Å². The van der Waals surface area contributed by atoms with Crippen LogP contribution in [0.1, 0.15) is 23.6 Å². The standard InChI is InChI=1S/C24H25NO3/c1-17-12-13-18(2)23(14-17)28-19(3)24(26)25-21-10-7-11-22(15-21)27-16-20-8-5-4-6-9-20/h4-15,19H,16H2,1-3H3,(H,25,26). The summed E-state index contributed by atoms with van der Waals surface area (Å²) in [4.78, 5) is 12.5. The Morgan fingerprint density at radius 2 is 1.75 bits per heavy atom. The first-order valence-electron chi connectivity index (χ1n) is 9.33. The Morgan fingerprint density at radius 3 is 2.54 bits per heavy atom. The van der Waals surface area contributed by atoms with Gasteiger partial charge in [-0.3, -0.25) is 4.79 Å². The van der Waals surface area contributed by atoms with E-state index in [0.29, 0.717) is 18.0 Å². The predicted octanol–water partition coefficient (Wildman–Crippen LogP) is 5.29. The van der Waals surface area contributed by atoms with Crippen LogP contribution in [0.3, 0.4) is 0 Å². The summed E-state index contributed by atoms with van der Waals surface area (Å²) >= 11 is 0. The van der Waals surface area contributed by atoms with Gasteiger partial charge in [-0.15, -0.1) is 0 Å². The number of nitrogens with one attached hydrogen (secondary N) is 1. The minimum Gasteiger partial charge on any atom is -0.489 e. The van der Waals surface area contributed by atoms with E-state index in [1.807, 2.05) is 86.6 Å². The van der Waals surface area contributed by atoms with Gasteiger partial charge in [0.05, 0.1) is 0 Å². The van der Waals surface area contributed by atoms with Gasteiger partial charge in [0.2, 0.25) is 0 Å². The second kappa shape index (κ2) is 9.09. The number of amides is 1. The van der Waals surface area contributed by atoms with E-state index in [2.05, 4.69) is 5.32 Å². The molecule has 0 radical (unpaired) electrons. The van der Waals surface area contributed by atoms with Crippen molar-refractivity contribution in [3.05, 3.63) is 89.5 Å². The Kier molecular flexibility index (Phi) is 6.33.